The van der Waals surface area contributed by atoms with Crippen LogP contribution in [0.1, 0.15) is 45.3 Å². The number of thiophene rings is 1. The Morgan fingerprint density at radius 3 is 2.56 bits per heavy atom. The van der Waals surface area contributed by atoms with Gasteiger partial charge in [-0.2, -0.15) is 0 Å². The van der Waals surface area contributed by atoms with Gasteiger partial charge in [0.05, 0.1) is 22.8 Å². The highest BCUT2D eigenvalue weighted by Crippen LogP contribution is 2.33. The van der Waals surface area contributed by atoms with Crippen LogP contribution in [0.2, 0.25) is 0 Å². The van der Waals surface area contributed by atoms with Crippen molar-refractivity contribution in [1.29, 1.82) is 0 Å². The highest BCUT2D eigenvalue weighted by Gasteiger charge is 2.26. The standard InChI is InChI=1S/C22H25N5O5S2/c1-4-27-15(11-32-14-9-7-6-8-10-14)25-26-22(27)33-12-16(28)24-20-17(21(30)31-5-2)13(3)18(34-20)19(23)29/h6-10H,4-5,11-12H2,1-3H3,(H2,23,29)(H,24,28). The second kappa shape index (κ2) is 11.7. The lowest BCUT2D eigenvalue weighted by atomic mass is 10.1. The zero-order chi connectivity index (χ0) is 24.7. The Kier molecular flexibility index (Phi) is 8.66. The summed E-state index contributed by atoms with van der Waals surface area (Å²) in [6.45, 7) is 6.22. The third kappa shape index (κ3) is 5.94. The first-order valence-electron chi connectivity index (χ1n) is 10.5. The Hall–Kier alpha value is -3.38. The molecule has 2 amide bonds. The van der Waals surface area contributed by atoms with Gasteiger partial charge in [-0.3, -0.25) is 9.59 Å². The molecule has 1 aromatic carbocycles. The average Bonchev–Trinajstić information content (AvgIpc) is 3.37. The lowest BCUT2D eigenvalue weighted by Crippen LogP contribution is -2.17. The highest BCUT2D eigenvalue weighted by molar-refractivity contribution is 7.99. The van der Waals surface area contributed by atoms with E-state index in [-0.39, 0.29) is 40.3 Å². The van der Waals surface area contributed by atoms with Crippen molar-refractivity contribution in [3.63, 3.8) is 0 Å². The molecule has 3 aromatic rings. The van der Waals surface area contributed by atoms with Gasteiger partial charge < -0.3 is 25.1 Å². The Morgan fingerprint density at radius 2 is 1.91 bits per heavy atom. The summed E-state index contributed by atoms with van der Waals surface area (Å²) in [6.07, 6.45) is 0. The van der Waals surface area contributed by atoms with Crippen LogP contribution in [0.3, 0.4) is 0 Å². The minimum Gasteiger partial charge on any atom is -0.486 e. The molecular formula is C22H25N5O5S2. The van der Waals surface area contributed by atoms with Crippen LogP contribution in [-0.4, -0.2) is 44.9 Å². The number of nitrogens with two attached hydrogens (primary N) is 1. The van der Waals surface area contributed by atoms with Crippen LogP contribution in [0.15, 0.2) is 35.5 Å². The molecule has 0 atom stereocenters. The number of carbonyl (C=O) groups excluding carboxylic acids is 3. The zero-order valence-electron chi connectivity index (χ0n) is 19.0. The van der Waals surface area contributed by atoms with Gasteiger partial charge in [0.2, 0.25) is 5.91 Å². The van der Waals surface area contributed by atoms with E-state index in [1.165, 1.54) is 11.8 Å². The minimum absolute atomic E-state index is 0.0167. The van der Waals surface area contributed by atoms with Crippen LogP contribution in [0.5, 0.6) is 5.75 Å². The quantitative estimate of drug-likeness (QED) is 0.300. The summed E-state index contributed by atoms with van der Waals surface area (Å²) in [5.74, 6) is -0.298. The largest absolute Gasteiger partial charge is 0.486 e. The number of nitrogens with one attached hydrogen (secondary N) is 1. The van der Waals surface area contributed by atoms with Crippen molar-refractivity contribution in [2.75, 3.05) is 17.7 Å². The molecule has 34 heavy (non-hydrogen) atoms. The minimum atomic E-state index is -0.677. The molecule has 3 N–H and O–H groups in total. The number of hydrogen-bond acceptors (Lipinski definition) is 9. The van der Waals surface area contributed by atoms with Gasteiger partial charge in [0.25, 0.3) is 5.91 Å². The van der Waals surface area contributed by atoms with E-state index in [0.29, 0.717) is 23.1 Å². The number of benzene rings is 1. The van der Waals surface area contributed by atoms with Crippen LogP contribution >= 0.6 is 23.1 Å². The molecule has 10 nitrogen and oxygen atoms in total. The summed E-state index contributed by atoms with van der Waals surface area (Å²) < 4.78 is 12.7. The summed E-state index contributed by atoms with van der Waals surface area (Å²) in [6, 6.07) is 9.38. The lowest BCUT2D eigenvalue weighted by Gasteiger charge is -2.09. The topological polar surface area (TPSA) is 138 Å². The molecule has 2 aromatic heterocycles. The second-order valence-electron chi connectivity index (χ2n) is 6.93. The van der Waals surface area contributed by atoms with E-state index in [9.17, 15) is 14.4 Å². The van der Waals surface area contributed by atoms with E-state index in [1.54, 1.807) is 13.8 Å². The Labute approximate surface area is 204 Å². The smallest absolute Gasteiger partial charge is 0.341 e. The number of nitrogens with zero attached hydrogens (tertiary/aromatic N) is 3. The van der Waals surface area contributed by atoms with Gasteiger partial charge in [0.15, 0.2) is 11.0 Å². The van der Waals surface area contributed by atoms with Crippen molar-refractivity contribution >= 4 is 45.9 Å². The number of para-hydroxylation sites is 1. The van der Waals surface area contributed by atoms with E-state index in [0.717, 1.165) is 17.1 Å². The van der Waals surface area contributed by atoms with E-state index in [2.05, 4.69) is 15.5 Å². The summed E-state index contributed by atoms with van der Waals surface area (Å²) in [7, 11) is 0. The van der Waals surface area contributed by atoms with Gasteiger partial charge in [-0.15, -0.1) is 21.5 Å². The van der Waals surface area contributed by atoms with Gasteiger partial charge >= 0.3 is 5.97 Å². The van der Waals surface area contributed by atoms with Gasteiger partial charge in [-0.05, 0) is 38.5 Å². The Balaban J connectivity index is 1.67. The van der Waals surface area contributed by atoms with E-state index in [1.807, 2.05) is 41.8 Å². The number of amides is 2. The Morgan fingerprint density at radius 1 is 1.18 bits per heavy atom. The predicted octanol–water partition coefficient (Wildman–Crippen LogP) is 3.25. The van der Waals surface area contributed by atoms with E-state index >= 15 is 0 Å². The van der Waals surface area contributed by atoms with Crippen LogP contribution in [0.4, 0.5) is 5.00 Å². The molecule has 0 aliphatic rings. The maximum absolute atomic E-state index is 12.7. The molecule has 0 saturated heterocycles. The molecule has 0 saturated carbocycles. The summed E-state index contributed by atoms with van der Waals surface area (Å²) in [4.78, 5) is 36.9. The number of esters is 1. The number of anilines is 1. The van der Waals surface area contributed by atoms with Crippen molar-refractivity contribution in [3.05, 3.63) is 52.2 Å². The number of hydrogen-bond donors (Lipinski definition) is 2. The van der Waals surface area contributed by atoms with Gasteiger partial charge in [0.1, 0.15) is 17.4 Å². The maximum Gasteiger partial charge on any atom is 0.341 e. The predicted molar refractivity (Wildman–Crippen MR) is 129 cm³/mol. The van der Waals surface area contributed by atoms with Crippen LogP contribution in [-0.2, 0) is 22.7 Å². The van der Waals surface area contributed by atoms with Crippen LogP contribution in [0.25, 0.3) is 0 Å². The summed E-state index contributed by atoms with van der Waals surface area (Å²) >= 11 is 2.15. The number of ether oxygens (including phenoxy) is 2. The third-order valence-corrected chi connectivity index (χ3v) is 6.84. The van der Waals surface area contributed by atoms with Crippen molar-refractivity contribution in [3.8, 4) is 5.75 Å². The molecule has 2 heterocycles. The molecule has 0 aliphatic carbocycles. The lowest BCUT2D eigenvalue weighted by molar-refractivity contribution is -0.113. The molecule has 0 unspecified atom stereocenters. The van der Waals surface area contributed by atoms with E-state index in [4.69, 9.17) is 15.2 Å². The van der Waals surface area contributed by atoms with Gasteiger partial charge in [-0.1, -0.05) is 30.0 Å². The number of thioether (sulfide) groups is 1. The second-order valence-corrected chi connectivity index (χ2v) is 8.89. The number of rotatable bonds is 11. The van der Waals surface area contributed by atoms with Crippen LogP contribution < -0.4 is 15.8 Å². The molecule has 180 valence electrons. The van der Waals surface area contributed by atoms with Crippen molar-refractivity contribution in [2.45, 2.75) is 39.1 Å². The SMILES string of the molecule is CCOC(=O)c1c(NC(=O)CSc2nnc(COc3ccccc3)n2CC)sc(C(N)=O)c1C. The van der Waals surface area contributed by atoms with E-state index < -0.39 is 11.9 Å². The summed E-state index contributed by atoms with van der Waals surface area (Å²) in [5, 5.41) is 11.8. The fraction of sp³-hybridized carbons (Fsp3) is 0.318. The van der Waals surface area contributed by atoms with Crippen LogP contribution in [0, 0.1) is 6.92 Å². The first-order chi connectivity index (χ1) is 16.3. The first-order valence-corrected chi connectivity index (χ1v) is 12.3. The highest BCUT2D eigenvalue weighted by atomic mass is 32.2. The van der Waals surface area contributed by atoms with Gasteiger partial charge in [0, 0.05) is 6.54 Å². The molecule has 3 rings (SSSR count). The number of carbonyl (C=O) groups is 3. The van der Waals surface area contributed by atoms with Gasteiger partial charge in [-0.25, -0.2) is 4.79 Å². The molecule has 0 spiro atoms. The third-order valence-electron chi connectivity index (χ3n) is 4.66. The summed E-state index contributed by atoms with van der Waals surface area (Å²) in [5.41, 5.74) is 5.92. The van der Waals surface area contributed by atoms with Crippen molar-refractivity contribution in [2.24, 2.45) is 5.73 Å². The molecule has 0 radical (unpaired) electrons. The molecule has 0 fully saturated rings. The molecule has 0 aliphatic heterocycles. The van der Waals surface area contributed by atoms with Crippen molar-refractivity contribution in [1.82, 2.24) is 14.8 Å². The fourth-order valence-electron chi connectivity index (χ4n) is 3.09. The molecule has 12 heteroatoms. The monoisotopic (exact) mass is 503 g/mol. The molecule has 0 bridgehead atoms. The fourth-order valence-corrected chi connectivity index (χ4v) is 4.98. The maximum atomic E-state index is 12.7. The Bertz CT molecular complexity index is 1180. The first kappa shape index (κ1) is 25.2. The molecular weight excluding hydrogens is 478 g/mol. The zero-order valence-corrected chi connectivity index (χ0v) is 20.6. The van der Waals surface area contributed by atoms with Crippen molar-refractivity contribution < 1.29 is 23.9 Å². The normalized spacial score (nSPS) is 10.7. The number of primary amides is 1. The number of aromatic nitrogens is 3. The average molecular weight is 504 g/mol.